The molecule has 2 heterocycles. The van der Waals surface area contributed by atoms with Gasteiger partial charge in [-0.3, -0.25) is 9.78 Å². The molecular formula is C21H20ClN3O3. The second-order valence-electron chi connectivity index (χ2n) is 6.55. The Morgan fingerprint density at radius 2 is 1.75 bits per heavy atom. The molecule has 144 valence electrons. The Balaban J connectivity index is 1.82. The highest BCUT2D eigenvalue weighted by Crippen LogP contribution is 2.23. The molecule has 0 amide bonds. The van der Waals surface area contributed by atoms with Gasteiger partial charge in [0.2, 0.25) is 5.78 Å². The van der Waals surface area contributed by atoms with Crippen molar-refractivity contribution in [2.24, 2.45) is 0 Å². The van der Waals surface area contributed by atoms with Crippen molar-refractivity contribution in [1.29, 1.82) is 0 Å². The van der Waals surface area contributed by atoms with Gasteiger partial charge in [-0.2, -0.15) is 0 Å². The van der Waals surface area contributed by atoms with Gasteiger partial charge in [0, 0.05) is 33.9 Å². The van der Waals surface area contributed by atoms with E-state index < -0.39 is 12.1 Å². The van der Waals surface area contributed by atoms with Crippen LogP contribution in [0.3, 0.4) is 0 Å². The molecule has 1 aromatic carbocycles. The SMILES string of the molecule is Cc1cnc(C(=O)O[C@H](C)C(=O)c2cc(C)n(-c3ccc(Cl)cc3)c2C)cn1. The van der Waals surface area contributed by atoms with Gasteiger partial charge in [-0.05, 0) is 58.0 Å². The molecule has 7 heteroatoms. The summed E-state index contributed by atoms with van der Waals surface area (Å²) >= 11 is 5.96. The van der Waals surface area contributed by atoms with E-state index in [1.807, 2.05) is 30.5 Å². The predicted molar refractivity (Wildman–Crippen MR) is 106 cm³/mol. The van der Waals surface area contributed by atoms with Gasteiger partial charge in [-0.25, -0.2) is 9.78 Å². The number of benzene rings is 1. The summed E-state index contributed by atoms with van der Waals surface area (Å²) in [6.45, 7) is 7.09. The minimum absolute atomic E-state index is 0.0666. The molecule has 3 rings (SSSR count). The molecule has 0 radical (unpaired) electrons. The molecule has 0 aliphatic rings. The monoisotopic (exact) mass is 397 g/mol. The number of hydrogen-bond donors (Lipinski definition) is 0. The zero-order valence-electron chi connectivity index (χ0n) is 16.1. The van der Waals surface area contributed by atoms with Crippen molar-refractivity contribution >= 4 is 23.4 Å². The lowest BCUT2D eigenvalue weighted by Gasteiger charge is -2.13. The predicted octanol–water partition coefficient (Wildman–Crippen LogP) is 4.27. The van der Waals surface area contributed by atoms with Crippen molar-refractivity contribution in [2.75, 3.05) is 0 Å². The van der Waals surface area contributed by atoms with Crippen LogP contribution in [0.4, 0.5) is 0 Å². The van der Waals surface area contributed by atoms with Gasteiger partial charge in [-0.1, -0.05) is 11.6 Å². The normalized spacial score (nSPS) is 11.9. The number of nitrogens with zero attached hydrogens (tertiary/aromatic N) is 3. The summed E-state index contributed by atoms with van der Waals surface area (Å²) < 4.78 is 7.26. The fraction of sp³-hybridized carbons (Fsp3) is 0.238. The standard InChI is InChI=1S/C21H20ClN3O3/c1-12-10-24-19(11-23-12)21(27)28-15(4)20(26)18-9-13(2)25(14(18)3)17-7-5-16(22)6-8-17/h5-11,15H,1-4H3/t15-/m1/s1. The number of carbonyl (C=O) groups is 2. The van der Waals surface area contributed by atoms with Crippen molar-refractivity contribution in [1.82, 2.24) is 14.5 Å². The van der Waals surface area contributed by atoms with Crippen LogP contribution in [0.5, 0.6) is 0 Å². The maximum atomic E-state index is 12.9. The van der Waals surface area contributed by atoms with Crippen molar-refractivity contribution < 1.29 is 14.3 Å². The fourth-order valence-corrected chi connectivity index (χ4v) is 3.12. The minimum atomic E-state index is -0.949. The molecule has 0 spiro atoms. The first-order chi connectivity index (χ1) is 13.3. The molecule has 3 aromatic rings. The number of rotatable bonds is 5. The highest BCUT2D eigenvalue weighted by Gasteiger charge is 2.25. The Kier molecular flexibility index (Phi) is 5.61. The molecule has 28 heavy (non-hydrogen) atoms. The zero-order valence-corrected chi connectivity index (χ0v) is 16.8. The van der Waals surface area contributed by atoms with Crippen LogP contribution < -0.4 is 0 Å². The highest BCUT2D eigenvalue weighted by molar-refractivity contribution is 6.30. The van der Waals surface area contributed by atoms with E-state index in [0.29, 0.717) is 16.3 Å². The van der Waals surface area contributed by atoms with Gasteiger partial charge in [0.05, 0.1) is 11.9 Å². The number of esters is 1. The van der Waals surface area contributed by atoms with Crippen LogP contribution in [-0.2, 0) is 4.74 Å². The average Bonchev–Trinajstić information content (AvgIpc) is 2.96. The molecule has 0 aliphatic carbocycles. The number of aryl methyl sites for hydroxylation is 2. The first-order valence-corrected chi connectivity index (χ1v) is 9.14. The molecule has 0 unspecified atom stereocenters. The van der Waals surface area contributed by atoms with Crippen molar-refractivity contribution in [2.45, 2.75) is 33.8 Å². The van der Waals surface area contributed by atoms with Crippen LogP contribution >= 0.6 is 11.6 Å². The van der Waals surface area contributed by atoms with E-state index in [1.165, 1.54) is 12.4 Å². The molecule has 6 nitrogen and oxygen atoms in total. The zero-order chi connectivity index (χ0) is 20.4. The topological polar surface area (TPSA) is 74.1 Å². The molecule has 0 bridgehead atoms. The number of halogens is 1. The Morgan fingerprint density at radius 1 is 1.07 bits per heavy atom. The smallest absolute Gasteiger partial charge is 0.359 e. The summed E-state index contributed by atoms with van der Waals surface area (Å²) in [4.78, 5) is 33.1. The highest BCUT2D eigenvalue weighted by atomic mass is 35.5. The number of hydrogen-bond acceptors (Lipinski definition) is 5. The summed E-state index contributed by atoms with van der Waals surface area (Å²) in [5, 5.41) is 0.641. The van der Waals surface area contributed by atoms with Crippen LogP contribution in [0.25, 0.3) is 5.69 Å². The number of ether oxygens (including phenoxy) is 1. The van der Waals surface area contributed by atoms with Gasteiger partial charge < -0.3 is 9.30 Å². The molecule has 1 atom stereocenters. The summed E-state index contributed by atoms with van der Waals surface area (Å²) in [6, 6.07) is 9.16. The summed E-state index contributed by atoms with van der Waals surface area (Å²) in [5.41, 5.74) is 3.82. The molecule has 0 aliphatic heterocycles. The number of carbonyl (C=O) groups excluding carboxylic acids is 2. The average molecular weight is 398 g/mol. The molecule has 0 saturated carbocycles. The van der Waals surface area contributed by atoms with Gasteiger partial charge in [0.1, 0.15) is 0 Å². The maximum absolute atomic E-state index is 12.9. The molecule has 2 aromatic heterocycles. The van der Waals surface area contributed by atoms with Crippen molar-refractivity contribution in [3.8, 4) is 5.69 Å². The number of ketones is 1. The number of Topliss-reactive ketones (excluding diaryl/α,β-unsaturated/α-hetero) is 1. The minimum Gasteiger partial charge on any atom is -0.449 e. The lowest BCUT2D eigenvalue weighted by atomic mass is 10.1. The van der Waals surface area contributed by atoms with E-state index in [0.717, 1.165) is 17.1 Å². The first kappa shape index (κ1) is 19.8. The second-order valence-corrected chi connectivity index (χ2v) is 6.99. The summed E-state index contributed by atoms with van der Waals surface area (Å²) in [7, 11) is 0. The maximum Gasteiger partial charge on any atom is 0.359 e. The van der Waals surface area contributed by atoms with Gasteiger partial charge in [0.15, 0.2) is 11.8 Å². The van der Waals surface area contributed by atoms with E-state index in [-0.39, 0.29) is 11.5 Å². The van der Waals surface area contributed by atoms with Crippen LogP contribution in [0.15, 0.2) is 42.7 Å². The van der Waals surface area contributed by atoms with Gasteiger partial charge in [-0.15, -0.1) is 0 Å². The van der Waals surface area contributed by atoms with Crippen LogP contribution in [0.1, 0.15) is 44.9 Å². The van der Waals surface area contributed by atoms with E-state index in [2.05, 4.69) is 9.97 Å². The van der Waals surface area contributed by atoms with Crippen LogP contribution in [-0.4, -0.2) is 32.4 Å². The summed E-state index contributed by atoms with van der Waals surface area (Å²) in [5.74, 6) is -0.957. The fourth-order valence-electron chi connectivity index (χ4n) is 2.99. The van der Waals surface area contributed by atoms with Crippen molar-refractivity contribution in [3.05, 3.63) is 76.1 Å². The number of aromatic nitrogens is 3. The van der Waals surface area contributed by atoms with Crippen molar-refractivity contribution in [3.63, 3.8) is 0 Å². The van der Waals surface area contributed by atoms with Crippen LogP contribution in [0.2, 0.25) is 5.02 Å². The van der Waals surface area contributed by atoms with E-state index in [4.69, 9.17) is 16.3 Å². The second kappa shape index (κ2) is 7.94. The Morgan fingerprint density at radius 3 is 2.36 bits per heavy atom. The van der Waals surface area contributed by atoms with Crippen LogP contribution in [0, 0.1) is 20.8 Å². The van der Waals surface area contributed by atoms with Gasteiger partial charge >= 0.3 is 5.97 Å². The third-order valence-electron chi connectivity index (χ3n) is 4.42. The Labute approximate surface area is 168 Å². The summed E-state index contributed by atoms with van der Waals surface area (Å²) in [6.07, 6.45) is 1.86. The lowest BCUT2D eigenvalue weighted by molar-refractivity contribution is 0.0312. The van der Waals surface area contributed by atoms with E-state index in [9.17, 15) is 9.59 Å². The van der Waals surface area contributed by atoms with E-state index in [1.54, 1.807) is 32.0 Å². The third-order valence-corrected chi connectivity index (χ3v) is 4.68. The molecule has 0 N–H and O–H groups in total. The quantitative estimate of drug-likeness (QED) is 0.474. The Hall–Kier alpha value is -2.99. The largest absolute Gasteiger partial charge is 0.449 e. The molecular weight excluding hydrogens is 378 g/mol. The van der Waals surface area contributed by atoms with E-state index >= 15 is 0 Å². The Bertz CT molecular complexity index is 1020. The van der Waals surface area contributed by atoms with Gasteiger partial charge in [0.25, 0.3) is 0 Å². The molecule has 0 saturated heterocycles. The molecule has 0 fully saturated rings. The third kappa shape index (κ3) is 3.97. The lowest BCUT2D eigenvalue weighted by Crippen LogP contribution is -2.25. The first-order valence-electron chi connectivity index (χ1n) is 8.76.